The molecule has 21 heavy (non-hydrogen) atoms. The van der Waals surface area contributed by atoms with E-state index in [0.717, 1.165) is 5.82 Å². The standard InChI is InChI=1S/C12H17N5O4/c18-11(19)5-9-6-16(3-4-21-9)12(20)15-1-2-17-8-13-14-10(17)7-15/h8-9H,1-7H2,(H,18,19). The highest BCUT2D eigenvalue weighted by Gasteiger charge is 2.30. The fraction of sp³-hybridized carbons (Fsp3) is 0.667. The molecule has 0 spiro atoms. The minimum Gasteiger partial charge on any atom is -0.481 e. The summed E-state index contributed by atoms with van der Waals surface area (Å²) >= 11 is 0. The van der Waals surface area contributed by atoms with E-state index in [1.54, 1.807) is 16.1 Å². The van der Waals surface area contributed by atoms with Crippen LogP contribution in [0.2, 0.25) is 0 Å². The molecule has 3 rings (SSSR count). The summed E-state index contributed by atoms with van der Waals surface area (Å²) in [5.41, 5.74) is 0. The number of ether oxygens (including phenoxy) is 1. The van der Waals surface area contributed by atoms with Crippen molar-refractivity contribution in [3.05, 3.63) is 12.2 Å². The normalized spacial score (nSPS) is 22.0. The van der Waals surface area contributed by atoms with Gasteiger partial charge in [-0.1, -0.05) is 0 Å². The van der Waals surface area contributed by atoms with Crippen molar-refractivity contribution in [1.29, 1.82) is 0 Å². The van der Waals surface area contributed by atoms with Crippen LogP contribution < -0.4 is 0 Å². The van der Waals surface area contributed by atoms with Crippen molar-refractivity contribution >= 4 is 12.0 Å². The van der Waals surface area contributed by atoms with Crippen LogP contribution in [0.1, 0.15) is 12.2 Å². The first kappa shape index (κ1) is 13.8. The Kier molecular flexibility index (Phi) is 3.74. The molecule has 114 valence electrons. The zero-order chi connectivity index (χ0) is 14.8. The second kappa shape index (κ2) is 5.68. The number of fused-ring (bicyclic) bond motifs is 1. The Balaban J connectivity index is 1.61. The van der Waals surface area contributed by atoms with Crippen LogP contribution >= 0.6 is 0 Å². The van der Waals surface area contributed by atoms with Gasteiger partial charge in [0.25, 0.3) is 0 Å². The Bertz CT molecular complexity index is 546. The fourth-order valence-corrected chi connectivity index (χ4v) is 2.64. The average Bonchev–Trinajstić information content (AvgIpc) is 2.93. The van der Waals surface area contributed by atoms with Gasteiger partial charge in [0.1, 0.15) is 6.33 Å². The molecule has 0 aromatic carbocycles. The zero-order valence-corrected chi connectivity index (χ0v) is 11.5. The molecule has 9 nitrogen and oxygen atoms in total. The van der Waals surface area contributed by atoms with Gasteiger partial charge in [0.2, 0.25) is 0 Å². The predicted octanol–water partition coefficient (Wildman–Crippen LogP) is -0.611. The van der Waals surface area contributed by atoms with E-state index in [0.29, 0.717) is 39.3 Å². The summed E-state index contributed by atoms with van der Waals surface area (Å²) in [6.07, 6.45) is 1.14. The number of hydrogen-bond donors (Lipinski definition) is 1. The van der Waals surface area contributed by atoms with Gasteiger partial charge in [0, 0.05) is 26.2 Å². The molecule has 2 aliphatic heterocycles. The number of nitrogens with zero attached hydrogens (tertiary/aromatic N) is 5. The molecular weight excluding hydrogens is 278 g/mol. The average molecular weight is 295 g/mol. The Hall–Kier alpha value is -2.16. The molecule has 1 saturated heterocycles. The van der Waals surface area contributed by atoms with Crippen molar-refractivity contribution < 1.29 is 19.4 Å². The van der Waals surface area contributed by atoms with E-state index in [9.17, 15) is 9.59 Å². The fourth-order valence-electron chi connectivity index (χ4n) is 2.64. The van der Waals surface area contributed by atoms with E-state index < -0.39 is 12.1 Å². The highest BCUT2D eigenvalue weighted by molar-refractivity contribution is 5.75. The summed E-state index contributed by atoms with van der Waals surface area (Å²) in [5.74, 6) is -0.148. The van der Waals surface area contributed by atoms with Crippen molar-refractivity contribution in [3.63, 3.8) is 0 Å². The number of urea groups is 1. The van der Waals surface area contributed by atoms with Gasteiger partial charge in [0.15, 0.2) is 5.82 Å². The van der Waals surface area contributed by atoms with Crippen LogP contribution in [0.3, 0.4) is 0 Å². The second-order valence-electron chi connectivity index (χ2n) is 5.18. The minimum atomic E-state index is -0.916. The summed E-state index contributed by atoms with van der Waals surface area (Å²) in [6.45, 7) is 2.88. The second-order valence-corrected chi connectivity index (χ2v) is 5.18. The van der Waals surface area contributed by atoms with Crippen molar-refractivity contribution in [2.45, 2.75) is 25.6 Å². The van der Waals surface area contributed by atoms with Crippen molar-refractivity contribution in [1.82, 2.24) is 24.6 Å². The lowest BCUT2D eigenvalue weighted by Crippen LogP contribution is -2.52. The number of carboxylic acids is 1. The maximum absolute atomic E-state index is 12.5. The Morgan fingerprint density at radius 1 is 1.33 bits per heavy atom. The van der Waals surface area contributed by atoms with E-state index >= 15 is 0 Å². The Morgan fingerprint density at radius 3 is 3.00 bits per heavy atom. The summed E-state index contributed by atoms with van der Waals surface area (Å²) in [5, 5.41) is 16.6. The summed E-state index contributed by atoms with van der Waals surface area (Å²) in [4.78, 5) is 26.6. The van der Waals surface area contributed by atoms with Gasteiger partial charge < -0.3 is 24.2 Å². The van der Waals surface area contributed by atoms with Gasteiger partial charge in [-0.2, -0.15) is 0 Å². The number of carbonyl (C=O) groups is 2. The number of carboxylic acid groups (broad SMARTS) is 1. The molecule has 0 bridgehead atoms. The summed E-state index contributed by atoms with van der Waals surface area (Å²) in [7, 11) is 0. The Morgan fingerprint density at radius 2 is 2.19 bits per heavy atom. The smallest absolute Gasteiger partial charge is 0.320 e. The van der Waals surface area contributed by atoms with Crippen LogP contribution in [0, 0.1) is 0 Å². The van der Waals surface area contributed by atoms with E-state index in [2.05, 4.69) is 10.2 Å². The highest BCUT2D eigenvalue weighted by atomic mass is 16.5. The molecule has 1 fully saturated rings. The third-order valence-electron chi connectivity index (χ3n) is 3.72. The molecule has 1 N–H and O–H groups in total. The monoisotopic (exact) mass is 295 g/mol. The van der Waals surface area contributed by atoms with Crippen molar-refractivity contribution in [2.24, 2.45) is 0 Å². The first-order valence-electron chi connectivity index (χ1n) is 6.87. The minimum absolute atomic E-state index is 0.0852. The van der Waals surface area contributed by atoms with Crippen LogP contribution in [0.25, 0.3) is 0 Å². The topological polar surface area (TPSA) is 101 Å². The van der Waals surface area contributed by atoms with Crippen LogP contribution in [0.5, 0.6) is 0 Å². The van der Waals surface area contributed by atoms with Gasteiger partial charge in [0.05, 0.1) is 25.7 Å². The predicted molar refractivity (Wildman–Crippen MR) is 69.4 cm³/mol. The van der Waals surface area contributed by atoms with Crippen molar-refractivity contribution in [3.8, 4) is 0 Å². The van der Waals surface area contributed by atoms with Crippen molar-refractivity contribution in [2.75, 3.05) is 26.2 Å². The summed E-state index contributed by atoms with van der Waals surface area (Å²) in [6, 6.07) is -0.0945. The third-order valence-corrected chi connectivity index (χ3v) is 3.72. The molecule has 3 heterocycles. The number of amides is 2. The molecule has 0 radical (unpaired) electrons. The van der Waals surface area contributed by atoms with E-state index in [-0.39, 0.29) is 12.5 Å². The first-order chi connectivity index (χ1) is 10.1. The van der Waals surface area contributed by atoms with E-state index in [1.165, 1.54) is 0 Å². The molecule has 1 aromatic rings. The molecule has 0 aliphatic carbocycles. The Labute approximate surface area is 121 Å². The number of rotatable bonds is 2. The van der Waals surface area contributed by atoms with E-state index in [4.69, 9.17) is 9.84 Å². The maximum Gasteiger partial charge on any atom is 0.320 e. The van der Waals surface area contributed by atoms with Crippen LogP contribution in [0.4, 0.5) is 4.79 Å². The molecule has 1 atom stereocenters. The summed E-state index contributed by atoms with van der Waals surface area (Å²) < 4.78 is 7.31. The lowest BCUT2D eigenvalue weighted by molar-refractivity contribution is -0.141. The number of hydrogen-bond acceptors (Lipinski definition) is 5. The molecule has 2 amide bonds. The molecular formula is C12H17N5O4. The SMILES string of the molecule is O=C(O)CC1CN(C(=O)N2CCn3cnnc3C2)CCO1. The van der Waals surface area contributed by atoms with Gasteiger partial charge >= 0.3 is 12.0 Å². The lowest BCUT2D eigenvalue weighted by atomic mass is 10.2. The zero-order valence-electron chi connectivity index (χ0n) is 11.5. The highest BCUT2D eigenvalue weighted by Crippen LogP contribution is 2.15. The van der Waals surface area contributed by atoms with Crippen LogP contribution in [-0.4, -0.2) is 74.0 Å². The molecule has 2 aliphatic rings. The van der Waals surface area contributed by atoms with Gasteiger partial charge in [-0.3, -0.25) is 4.79 Å². The molecule has 0 saturated carbocycles. The number of aliphatic carboxylic acids is 1. The molecule has 1 unspecified atom stereocenters. The van der Waals surface area contributed by atoms with Crippen LogP contribution in [0.15, 0.2) is 6.33 Å². The number of morpholine rings is 1. The molecule has 1 aromatic heterocycles. The first-order valence-corrected chi connectivity index (χ1v) is 6.87. The quantitative estimate of drug-likeness (QED) is 0.781. The van der Waals surface area contributed by atoms with Gasteiger partial charge in [-0.15, -0.1) is 10.2 Å². The maximum atomic E-state index is 12.5. The lowest BCUT2D eigenvalue weighted by Gasteiger charge is -2.37. The number of carbonyl (C=O) groups excluding carboxylic acids is 1. The largest absolute Gasteiger partial charge is 0.481 e. The number of aromatic nitrogens is 3. The van der Waals surface area contributed by atoms with Gasteiger partial charge in [-0.05, 0) is 0 Å². The van der Waals surface area contributed by atoms with E-state index in [1.807, 2.05) is 4.57 Å². The van der Waals surface area contributed by atoms with Crippen LogP contribution in [-0.2, 0) is 22.6 Å². The molecule has 9 heteroatoms. The van der Waals surface area contributed by atoms with Gasteiger partial charge in [-0.25, -0.2) is 4.79 Å². The third kappa shape index (κ3) is 2.97.